The molecule has 0 saturated carbocycles. The van der Waals surface area contributed by atoms with Gasteiger partial charge in [0.05, 0.1) is 24.3 Å². The zero-order valence-electron chi connectivity index (χ0n) is 23.2. The molecule has 1 saturated heterocycles. The van der Waals surface area contributed by atoms with E-state index in [0.29, 0.717) is 25.3 Å². The molecule has 3 heterocycles. The van der Waals surface area contributed by atoms with Crippen molar-refractivity contribution in [3.8, 4) is 11.3 Å². The number of aromatic nitrogens is 3. The lowest BCUT2D eigenvalue weighted by atomic mass is 10.0. The van der Waals surface area contributed by atoms with Crippen molar-refractivity contribution in [2.75, 3.05) is 57.2 Å². The maximum atomic E-state index is 14.6. The van der Waals surface area contributed by atoms with Crippen molar-refractivity contribution in [1.29, 1.82) is 0 Å². The molecule has 1 aliphatic heterocycles. The van der Waals surface area contributed by atoms with Crippen LogP contribution in [0.4, 0.5) is 15.9 Å². The molecule has 10 heteroatoms. The summed E-state index contributed by atoms with van der Waals surface area (Å²) >= 11 is 0. The summed E-state index contributed by atoms with van der Waals surface area (Å²) < 4.78 is 20.0. The second-order valence-corrected chi connectivity index (χ2v) is 10.3. The average Bonchev–Trinajstić information content (AvgIpc) is 3.40. The number of halogens is 1. The first-order chi connectivity index (χ1) is 19.9. The first-order valence-electron chi connectivity index (χ1n) is 13.5. The Labute approximate surface area is 238 Å². The smallest absolute Gasteiger partial charge is 0.248 e. The molecule has 212 valence electrons. The van der Waals surface area contributed by atoms with Crippen LogP contribution in [0.2, 0.25) is 0 Å². The van der Waals surface area contributed by atoms with E-state index in [0.717, 1.165) is 46.8 Å². The lowest BCUT2D eigenvalue weighted by Crippen LogP contribution is -2.36. The van der Waals surface area contributed by atoms with Gasteiger partial charge in [-0.25, -0.2) is 14.4 Å². The van der Waals surface area contributed by atoms with Crippen LogP contribution in [0, 0.1) is 5.82 Å². The van der Waals surface area contributed by atoms with Crippen molar-refractivity contribution in [1.82, 2.24) is 19.9 Å². The number of rotatable bonds is 10. The number of hydrogen-bond donors (Lipinski definition) is 2. The highest BCUT2D eigenvalue weighted by Gasteiger charge is 2.18. The molecule has 0 unspecified atom stereocenters. The average molecular weight is 557 g/mol. The van der Waals surface area contributed by atoms with Crippen LogP contribution >= 0.6 is 0 Å². The second kappa shape index (κ2) is 12.8. The fourth-order valence-corrected chi connectivity index (χ4v) is 4.74. The minimum atomic E-state index is -0.575. The molecule has 1 amide bonds. The summed E-state index contributed by atoms with van der Waals surface area (Å²) in [4.78, 5) is 41.2. The minimum absolute atomic E-state index is 0.0309. The summed E-state index contributed by atoms with van der Waals surface area (Å²) in [5, 5.41) is 3.49. The monoisotopic (exact) mass is 556 g/mol. The molecule has 0 spiro atoms. The van der Waals surface area contributed by atoms with Crippen LogP contribution in [0.15, 0.2) is 67.0 Å². The van der Waals surface area contributed by atoms with Crippen LogP contribution in [0.1, 0.15) is 11.1 Å². The van der Waals surface area contributed by atoms with Gasteiger partial charge < -0.3 is 24.8 Å². The largest absolute Gasteiger partial charge is 0.378 e. The number of benzene rings is 2. The number of morpholine rings is 1. The zero-order valence-corrected chi connectivity index (χ0v) is 23.2. The Morgan fingerprint density at radius 2 is 1.78 bits per heavy atom. The summed E-state index contributed by atoms with van der Waals surface area (Å²) in [6, 6.07) is 14.3. The molecule has 1 aliphatic rings. The molecule has 0 bridgehead atoms. The highest BCUT2D eigenvalue weighted by Crippen LogP contribution is 2.29. The number of H-pyrrole nitrogens is 1. The van der Waals surface area contributed by atoms with Gasteiger partial charge in [0.1, 0.15) is 29.4 Å². The van der Waals surface area contributed by atoms with Gasteiger partial charge in [-0.1, -0.05) is 36.4 Å². The van der Waals surface area contributed by atoms with E-state index >= 15 is 0 Å². The number of ketones is 1. The van der Waals surface area contributed by atoms with Gasteiger partial charge in [0, 0.05) is 44.2 Å². The van der Waals surface area contributed by atoms with E-state index in [2.05, 4.69) is 31.2 Å². The zero-order chi connectivity index (χ0) is 28.8. The molecule has 0 radical (unpaired) electrons. The number of likely N-dealkylation sites (N-methyl/N-ethyl adjacent to an activating group) is 1. The van der Waals surface area contributed by atoms with E-state index in [1.807, 2.05) is 43.3 Å². The Balaban J connectivity index is 1.19. The number of fused-ring (bicyclic) bond motifs is 1. The van der Waals surface area contributed by atoms with Crippen LogP contribution in [0.25, 0.3) is 22.3 Å². The lowest BCUT2D eigenvalue weighted by Gasteiger charge is -2.27. The first-order valence-corrected chi connectivity index (χ1v) is 13.5. The number of hydrogen-bond acceptors (Lipinski definition) is 7. The highest BCUT2D eigenvalue weighted by molar-refractivity contribution is 5.99. The van der Waals surface area contributed by atoms with E-state index < -0.39 is 11.7 Å². The maximum absolute atomic E-state index is 14.6. The fourth-order valence-electron chi connectivity index (χ4n) is 4.74. The summed E-state index contributed by atoms with van der Waals surface area (Å²) in [5.41, 5.74) is 4.18. The van der Waals surface area contributed by atoms with Crippen LogP contribution in [0.3, 0.4) is 0 Å². The molecule has 41 heavy (non-hydrogen) atoms. The quantitative estimate of drug-likeness (QED) is 0.285. The summed E-state index contributed by atoms with van der Waals surface area (Å²) in [6.45, 7) is 3.54. The Morgan fingerprint density at radius 1 is 1.05 bits per heavy atom. The van der Waals surface area contributed by atoms with E-state index in [1.165, 1.54) is 18.2 Å². The van der Waals surface area contributed by atoms with E-state index in [-0.39, 0.29) is 24.3 Å². The molecular formula is C31H33FN6O3. The van der Waals surface area contributed by atoms with E-state index in [4.69, 9.17) is 4.74 Å². The number of carbonyl (C=O) groups is 2. The Bertz CT molecular complexity index is 1560. The topological polar surface area (TPSA) is 103 Å². The van der Waals surface area contributed by atoms with Gasteiger partial charge >= 0.3 is 0 Å². The van der Waals surface area contributed by atoms with Crippen molar-refractivity contribution < 1.29 is 18.7 Å². The van der Waals surface area contributed by atoms with E-state index in [1.54, 1.807) is 18.5 Å². The minimum Gasteiger partial charge on any atom is -0.378 e. The van der Waals surface area contributed by atoms with Gasteiger partial charge in [-0.05, 0) is 49.0 Å². The SMILES string of the molecule is CN(C)C/C=C/C(=O)Nc1ccc(CC(=O)Cc2ccc(-c3cc4c(N5CCOCC5)ncnc4[nH]3)cc2)cc1F. The van der Waals surface area contributed by atoms with Crippen molar-refractivity contribution >= 4 is 34.2 Å². The number of carbonyl (C=O) groups excluding carboxylic acids is 2. The molecule has 2 aromatic heterocycles. The predicted molar refractivity (Wildman–Crippen MR) is 157 cm³/mol. The Morgan fingerprint density at radius 3 is 2.51 bits per heavy atom. The lowest BCUT2D eigenvalue weighted by molar-refractivity contribution is -0.117. The van der Waals surface area contributed by atoms with Gasteiger partial charge in [0.25, 0.3) is 0 Å². The van der Waals surface area contributed by atoms with Crippen molar-refractivity contribution in [2.45, 2.75) is 12.8 Å². The van der Waals surface area contributed by atoms with Crippen LogP contribution in [0.5, 0.6) is 0 Å². The predicted octanol–water partition coefficient (Wildman–Crippen LogP) is 4.01. The van der Waals surface area contributed by atoms with Gasteiger partial charge in [0.2, 0.25) is 5.91 Å². The standard InChI is InChI=1S/C31H33FN6O3/c1-37(2)11-3-4-29(40)35-27-10-7-22(18-26(27)32)17-24(39)16-21-5-8-23(9-6-21)28-19-25-30(36-28)33-20-34-31(25)38-12-14-41-15-13-38/h3-10,18-20H,11-17H2,1-2H3,(H,35,40)(H,33,34,36)/b4-3+. The Hall–Kier alpha value is -4.41. The van der Waals surface area contributed by atoms with Crippen molar-refractivity contribution in [3.63, 3.8) is 0 Å². The highest BCUT2D eigenvalue weighted by atomic mass is 19.1. The molecule has 9 nitrogen and oxygen atoms in total. The van der Waals surface area contributed by atoms with Crippen LogP contribution < -0.4 is 10.2 Å². The van der Waals surface area contributed by atoms with Crippen molar-refractivity contribution in [3.05, 3.63) is 84.0 Å². The maximum Gasteiger partial charge on any atom is 0.248 e. The number of nitrogens with one attached hydrogen (secondary N) is 2. The summed E-state index contributed by atoms with van der Waals surface area (Å²) in [6.07, 6.45) is 4.97. The molecule has 2 N–H and O–H groups in total. The number of aromatic amines is 1. The third-order valence-electron chi connectivity index (χ3n) is 6.81. The third-order valence-corrected chi connectivity index (χ3v) is 6.81. The van der Waals surface area contributed by atoms with Gasteiger partial charge in [-0.3, -0.25) is 9.59 Å². The Kier molecular flexibility index (Phi) is 8.81. The number of nitrogens with zero attached hydrogens (tertiary/aromatic N) is 4. The molecule has 0 atom stereocenters. The second-order valence-electron chi connectivity index (χ2n) is 10.3. The number of anilines is 2. The molecular weight excluding hydrogens is 523 g/mol. The van der Waals surface area contributed by atoms with Crippen molar-refractivity contribution in [2.24, 2.45) is 0 Å². The summed E-state index contributed by atoms with van der Waals surface area (Å²) in [7, 11) is 3.78. The van der Waals surface area contributed by atoms with E-state index in [9.17, 15) is 14.0 Å². The van der Waals surface area contributed by atoms with Gasteiger partial charge in [0.15, 0.2) is 0 Å². The van der Waals surface area contributed by atoms with Crippen LogP contribution in [-0.2, 0) is 27.2 Å². The number of ether oxygens (including phenoxy) is 1. The molecule has 1 fully saturated rings. The van der Waals surface area contributed by atoms with Crippen LogP contribution in [-0.4, -0.2) is 78.5 Å². The summed E-state index contributed by atoms with van der Waals surface area (Å²) in [5.74, 6) is -0.118. The molecule has 5 rings (SSSR count). The number of Topliss-reactive ketones (excluding diaryl/α,β-unsaturated/α-hetero) is 1. The number of amides is 1. The molecule has 4 aromatic rings. The third kappa shape index (κ3) is 7.22. The first kappa shape index (κ1) is 28.1. The molecule has 2 aromatic carbocycles. The van der Waals surface area contributed by atoms with Gasteiger partial charge in [-0.2, -0.15) is 0 Å². The fraction of sp³-hybridized carbons (Fsp3) is 0.290. The normalized spacial score (nSPS) is 13.8. The van der Waals surface area contributed by atoms with Gasteiger partial charge in [-0.15, -0.1) is 0 Å². The molecule has 0 aliphatic carbocycles.